The maximum Gasteiger partial charge on any atom is 0.246 e. The summed E-state index contributed by atoms with van der Waals surface area (Å²) in [5.74, 6) is -0.0734. The van der Waals surface area contributed by atoms with Gasteiger partial charge in [-0.3, -0.25) is 4.79 Å². The number of carbonyl (C=O) groups excluding carboxylic acids is 1. The topological polar surface area (TPSA) is 105 Å². The van der Waals surface area contributed by atoms with Gasteiger partial charge in [-0.05, 0) is 12.1 Å². The van der Waals surface area contributed by atoms with E-state index in [1.54, 1.807) is 0 Å². The molecule has 0 saturated carbocycles. The van der Waals surface area contributed by atoms with Crippen LogP contribution in [0.1, 0.15) is 18.6 Å². The fourth-order valence-electron chi connectivity index (χ4n) is 2.58. The van der Waals surface area contributed by atoms with E-state index in [4.69, 9.17) is 4.52 Å². The average Bonchev–Trinajstić information content (AvgIpc) is 2.87. The molecule has 0 saturated heterocycles. The van der Waals surface area contributed by atoms with E-state index in [0.717, 1.165) is 17.6 Å². The van der Waals surface area contributed by atoms with E-state index in [1.807, 2.05) is 36.1 Å². The lowest BCUT2D eigenvalue weighted by molar-refractivity contribution is -0.119. The lowest BCUT2D eigenvalue weighted by atomic mass is 10.1. The molecule has 1 aliphatic rings. The number of nitrogens with zero attached hydrogens (tertiary/aromatic N) is 3. The third-order valence-corrected chi connectivity index (χ3v) is 4.45. The van der Waals surface area contributed by atoms with Crippen LogP contribution in [0.25, 0.3) is 0 Å². The molecule has 128 valence electrons. The largest absolute Gasteiger partial charge is 0.360 e. The van der Waals surface area contributed by atoms with E-state index in [2.05, 4.69) is 15.5 Å². The van der Waals surface area contributed by atoms with Gasteiger partial charge in [0.2, 0.25) is 11.8 Å². The maximum absolute atomic E-state index is 12.1. The summed E-state index contributed by atoms with van der Waals surface area (Å²) in [5, 5.41) is 6.60. The predicted molar refractivity (Wildman–Crippen MR) is 88.1 cm³/mol. The fourth-order valence-corrected chi connectivity index (χ4v) is 3.17. The van der Waals surface area contributed by atoms with Crippen molar-refractivity contribution in [2.24, 2.45) is 5.92 Å². The summed E-state index contributed by atoms with van der Waals surface area (Å²) in [7, 11) is -3.22. The smallest absolute Gasteiger partial charge is 0.246 e. The van der Waals surface area contributed by atoms with E-state index in [-0.39, 0.29) is 23.4 Å². The van der Waals surface area contributed by atoms with Gasteiger partial charge in [-0.1, -0.05) is 24.2 Å². The first-order valence-electron chi connectivity index (χ1n) is 7.46. The Kier molecular flexibility index (Phi) is 4.27. The first kappa shape index (κ1) is 16.4. The van der Waals surface area contributed by atoms with Crippen LogP contribution < -0.4 is 10.2 Å². The van der Waals surface area contributed by atoms with Crippen LogP contribution in [0.4, 0.5) is 11.4 Å². The second-order valence-corrected chi connectivity index (χ2v) is 8.10. The van der Waals surface area contributed by atoms with Crippen LogP contribution in [-0.4, -0.2) is 37.3 Å². The summed E-state index contributed by atoms with van der Waals surface area (Å²) in [6.07, 6.45) is 1.12. The molecule has 1 unspecified atom stereocenters. The van der Waals surface area contributed by atoms with Crippen LogP contribution in [0.15, 0.2) is 28.8 Å². The highest BCUT2D eigenvalue weighted by Gasteiger charge is 2.26. The molecule has 0 fully saturated rings. The number of carbonyl (C=O) groups is 1. The summed E-state index contributed by atoms with van der Waals surface area (Å²) < 4.78 is 27.8. The standard InChI is InChI=1S/C15H18N4O4S/c1-10-7-19(12-6-4-3-5-11(12)16-15(10)20)8-14-17-13(18-23-14)9-24(2,21)22/h3-6,10H,7-9H2,1-2H3,(H,16,20). The fraction of sp³-hybridized carbons (Fsp3) is 0.400. The summed E-state index contributed by atoms with van der Waals surface area (Å²) in [4.78, 5) is 18.2. The van der Waals surface area contributed by atoms with Crippen LogP contribution >= 0.6 is 0 Å². The molecule has 24 heavy (non-hydrogen) atoms. The van der Waals surface area contributed by atoms with Crippen molar-refractivity contribution in [1.29, 1.82) is 0 Å². The molecule has 1 atom stereocenters. The van der Waals surface area contributed by atoms with Crippen molar-refractivity contribution in [2.45, 2.75) is 19.2 Å². The van der Waals surface area contributed by atoms with Gasteiger partial charge in [0.25, 0.3) is 0 Å². The summed E-state index contributed by atoms with van der Waals surface area (Å²) in [5.41, 5.74) is 1.58. The van der Waals surface area contributed by atoms with Crippen molar-refractivity contribution in [3.05, 3.63) is 36.0 Å². The van der Waals surface area contributed by atoms with Crippen molar-refractivity contribution < 1.29 is 17.7 Å². The number of hydrogen-bond donors (Lipinski definition) is 1. The number of aromatic nitrogens is 2. The molecular formula is C15H18N4O4S. The van der Waals surface area contributed by atoms with Gasteiger partial charge in [0.1, 0.15) is 5.75 Å². The zero-order chi connectivity index (χ0) is 17.3. The van der Waals surface area contributed by atoms with E-state index in [0.29, 0.717) is 19.0 Å². The van der Waals surface area contributed by atoms with Crippen molar-refractivity contribution in [3.8, 4) is 0 Å². The molecule has 0 aliphatic carbocycles. The Labute approximate surface area is 139 Å². The lowest BCUT2D eigenvalue weighted by Gasteiger charge is -2.23. The molecule has 0 spiro atoms. The molecule has 8 nitrogen and oxygen atoms in total. The van der Waals surface area contributed by atoms with Crippen LogP contribution in [0, 0.1) is 5.92 Å². The highest BCUT2D eigenvalue weighted by atomic mass is 32.2. The van der Waals surface area contributed by atoms with E-state index < -0.39 is 9.84 Å². The van der Waals surface area contributed by atoms with Gasteiger partial charge in [0, 0.05) is 12.8 Å². The Morgan fingerprint density at radius 3 is 2.88 bits per heavy atom. The van der Waals surface area contributed by atoms with Crippen LogP contribution in [0.2, 0.25) is 0 Å². The summed E-state index contributed by atoms with van der Waals surface area (Å²) in [6, 6.07) is 7.48. The number of amides is 1. The first-order chi connectivity index (χ1) is 11.3. The van der Waals surface area contributed by atoms with Crippen LogP contribution in [0.3, 0.4) is 0 Å². The maximum atomic E-state index is 12.1. The zero-order valence-corrected chi connectivity index (χ0v) is 14.2. The molecule has 2 heterocycles. The van der Waals surface area contributed by atoms with Crippen LogP contribution in [-0.2, 0) is 26.9 Å². The lowest BCUT2D eigenvalue weighted by Crippen LogP contribution is -2.30. The Bertz CT molecular complexity index is 862. The van der Waals surface area contributed by atoms with Gasteiger partial charge in [-0.2, -0.15) is 4.98 Å². The monoisotopic (exact) mass is 350 g/mol. The van der Waals surface area contributed by atoms with Gasteiger partial charge in [0.15, 0.2) is 15.7 Å². The molecule has 9 heteroatoms. The van der Waals surface area contributed by atoms with E-state index >= 15 is 0 Å². The normalized spacial score (nSPS) is 18.0. The number of benzene rings is 1. The molecule has 2 aromatic rings. The quantitative estimate of drug-likeness (QED) is 0.883. The molecule has 1 aliphatic heterocycles. The highest BCUT2D eigenvalue weighted by molar-refractivity contribution is 7.89. The van der Waals surface area contributed by atoms with Crippen molar-refractivity contribution in [3.63, 3.8) is 0 Å². The molecule has 0 radical (unpaired) electrons. The first-order valence-corrected chi connectivity index (χ1v) is 9.52. The number of hydrogen-bond acceptors (Lipinski definition) is 7. The number of nitrogens with one attached hydrogen (secondary N) is 1. The third-order valence-electron chi connectivity index (χ3n) is 3.67. The Morgan fingerprint density at radius 1 is 1.38 bits per heavy atom. The van der Waals surface area contributed by atoms with Crippen molar-refractivity contribution >= 4 is 27.1 Å². The third kappa shape index (κ3) is 3.73. The van der Waals surface area contributed by atoms with Gasteiger partial charge >= 0.3 is 0 Å². The number of rotatable bonds is 4. The van der Waals surface area contributed by atoms with Crippen LogP contribution in [0.5, 0.6) is 0 Å². The highest BCUT2D eigenvalue weighted by Crippen LogP contribution is 2.30. The second kappa shape index (κ2) is 6.23. The predicted octanol–water partition coefficient (Wildman–Crippen LogP) is 1.21. The van der Waals surface area contributed by atoms with Gasteiger partial charge in [-0.25, -0.2) is 8.42 Å². The molecule has 3 rings (SSSR count). The molecular weight excluding hydrogens is 332 g/mol. The average molecular weight is 350 g/mol. The number of para-hydroxylation sites is 2. The minimum atomic E-state index is -3.22. The van der Waals surface area contributed by atoms with Gasteiger partial charge in [0.05, 0.1) is 23.8 Å². The van der Waals surface area contributed by atoms with Crippen molar-refractivity contribution in [1.82, 2.24) is 10.1 Å². The summed E-state index contributed by atoms with van der Waals surface area (Å²) >= 11 is 0. The van der Waals surface area contributed by atoms with Gasteiger partial charge in [-0.15, -0.1) is 0 Å². The minimum absolute atomic E-state index is 0.0479. The zero-order valence-electron chi connectivity index (χ0n) is 13.4. The van der Waals surface area contributed by atoms with Gasteiger partial charge < -0.3 is 14.7 Å². The Hall–Kier alpha value is -2.42. The number of anilines is 2. The van der Waals surface area contributed by atoms with E-state index in [9.17, 15) is 13.2 Å². The van der Waals surface area contributed by atoms with E-state index in [1.165, 1.54) is 0 Å². The summed E-state index contributed by atoms with van der Waals surface area (Å²) in [6.45, 7) is 2.64. The Balaban J connectivity index is 1.85. The number of sulfone groups is 1. The molecule has 1 aromatic heterocycles. The van der Waals surface area contributed by atoms with Crippen molar-refractivity contribution in [2.75, 3.05) is 23.0 Å². The second-order valence-electron chi connectivity index (χ2n) is 5.96. The molecule has 1 N–H and O–H groups in total. The Morgan fingerprint density at radius 2 is 2.12 bits per heavy atom. The molecule has 1 aromatic carbocycles. The minimum Gasteiger partial charge on any atom is -0.360 e. The molecule has 1 amide bonds. The SMILES string of the molecule is CC1CN(Cc2nc(CS(C)(=O)=O)no2)c2ccccc2NC1=O. The molecule has 0 bridgehead atoms. The number of fused-ring (bicyclic) bond motifs is 1.